The lowest BCUT2D eigenvalue weighted by Gasteiger charge is -2.29. The Kier molecular flexibility index (Phi) is 23.0. The number of rotatable bonds is 26. The lowest BCUT2D eigenvalue weighted by atomic mass is 10.1. The molecule has 0 aliphatic heterocycles. The summed E-state index contributed by atoms with van der Waals surface area (Å²) in [5, 5.41) is 13.3. The van der Waals surface area contributed by atoms with Crippen molar-refractivity contribution >= 4 is 13.7 Å². The van der Waals surface area contributed by atoms with E-state index >= 15 is 0 Å². The quantitative estimate of drug-likeness (QED) is 0.0564. The molecule has 230 valence electrons. The minimum absolute atomic E-state index is 0.00429. The minimum atomic E-state index is -4.55. The first-order chi connectivity index (χ1) is 18.5. The van der Waals surface area contributed by atoms with Crippen LogP contribution in [0, 0.1) is 0 Å². The summed E-state index contributed by atoms with van der Waals surface area (Å²) in [6, 6.07) is -0.881. The molecule has 0 heterocycles. The predicted octanol–water partition coefficient (Wildman–Crippen LogP) is 6.04. The van der Waals surface area contributed by atoms with Gasteiger partial charge in [-0.1, -0.05) is 89.5 Å². The summed E-state index contributed by atoms with van der Waals surface area (Å²) in [6.07, 6.45) is 23.0. The number of quaternary nitrogens is 1. The Morgan fingerprint density at radius 2 is 1.46 bits per heavy atom. The number of hydrogen-bond donors (Lipinski definition) is 2. The number of aliphatic hydroxyl groups is 1. The molecule has 0 rings (SSSR count). The zero-order valence-electron chi connectivity index (χ0n) is 25.6. The van der Waals surface area contributed by atoms with E-state index < -0.39 is 20.0 Å². The number of allylic oxidation sites excluding steroid dienone is 3. The van der Waals surface area contributed by atoms with Crippen LogP contribution in [0.3, 0.4) is 0 Å². The number of nitrogens with zero attached hydrogens (tertiary/aromatic N) is 1. The van der Waals surface area contributed by atoms with E-state index in [-0.39, 0.29) is 19.1 Å². The van der Waals surface area contributed by atoms with Gasteiger partial charge in [0.25, 0.3) is 7.82 Å². The first-order valence-electron chi connectivity index (χ1n) is 15.2. The number of phosphoric acid groups is 1. The zero-order chi connectivity index (χ0) is 29.4. The number of amides is 1. The molecule has 0 aliphatic rings. The summed E-state index contributed by atoms with van der Waals surface area (Å²) in [6.45, 7) is 4.36. The summed E-state index contributed by atoms with van der Waals surface area (Å²) in [4.78, 5) is 24.7. The molecule has 0 bridgehead atoms. The second-order valence-electron chi connectivity index (χ2n) is 11.5. The molecule has 1 amide bonds. The summed E-state index contributed by atoms with van der Waals surface area (Å²) in [7, 11) is 1.24. The highest BCUT2D eigenvalue weighted by atomic mass is 31.2. The van der Waals surface area contributed by atoms with Crippen LogP contribution in [0.4, 0.5) is 0 Å². The molecule has 39 heavy (non-hydrogen) atoms. The van der Waals surface area contributed by atoms with E-state index in [4.69, 9.17) is 9.05 Å². The molecule has 2 N–H and O–H groups in total. The largest absolute Gasteiger partial charge is 0.756 e. The van der Waals surface area contributed by atoms with Crippen LogP contribution < -0.4 is 10.2 Å². The van der Waals surface area contributed by atoms with E-state index in [1.54, 1.807) is 6.08 Å². The van der Waals surface area contributed by atoms with Gasteiger partial charge in [0, 0.05) is 6.42 Å². The van der Waals surface area contributed by atoms with Crippen molar-refractivity contribution in [3.8, 4) is 0 Å². The number of carbonyl (C=O) groups excluding carboxylic acids is 1. The van der Waals surface area contributed by atoms with Crippen molar-refractivity contribution in [3.63, 3.8) is 0 Å². The Hall–Kier alpha value is -1.02. The first kappa shape index (κ1) is 38.0. The predicted molar refractivity (Wildman–Crippen MR) is 159 cm³/mol. The van der Waals surface area contributed by atoms with Crippen LogP contribution in [0.15, 0.2) is 24.3 Å². The summed E-state index contributed by atoms with van der Waals surface area (Å²) >= 11 is 0. The van der Waals surface area contributed by atoms with Gasteiger partial charge in [0.2, 0.25) is 5.91 Å². The molecule has 9 heteroatoms. The molecule has 0 radical (unpaired) electrons. The fourth-order valence-corrected chi connectivity index (χ4v) is 4.58. The lowest BCUT2D eigenvalue weighted by Crippen LogP contribution is -2.45. The van der Waals surface area contributed by atoms with Gasteiger partial charge in [-0.15, -0.1) is 0 Å². The number of likely N-dealkylation sites (N-methyl/N-ethyl adjacent to an activating group) is 1. The van der Waals surface area contributed by atoms with Crippen molar-refractivity contribution < 1.29 is 32.9 Å². The van der Waals surface area contributed by atoms with Crippen molar-refractivity contribution in [3.05, 3.63) is 24.3 Å². The summed E-state index contributed by atoms with van der Waals surface area (Å²) in [5.41, 5.74) is 0. The van der Waals surface area contributed by atoms with Crippen LogP contribution in [0.2, 0.25) is 0 Å². The van der Waals surface area contributed by atoms with Gasteiger partial charge in [0.05, 0.1) is 39.9 Å². The minimum Gasteiger partial charge on any atom is -0.756 e. The van der Waals surface area contributed by atoms with Gasteiger partial charge in [-0.3, -0.25) is 9.36 Å². The van der Waals surface area contributed by atoms with Gasteiger partial charge < -0.3 is 28.8 Å². The van der Waals surface area contributed by atoms with Gasteiger partial charge in [0.15, 0.2) is 0 Å². The number of hydrogen-bond acceptors (Lipinski definition) is 6. The number of carbonyl (C=O) groups is 1. The van der Waals surface area contributed by atoms with Gasteiger partial charge in [-0.05, 0) is 38.5 Å². The van der Waals surface area contributed by atoms with Crippen molar-refractivity contribution in [1.29, 1.82) is 0 Å². The molecule has 0 saturated carbocycles. The van der Waals surface area contributed by atoms with Crippen LogP contribution >= 0.6 is 7.82 Å². The van der Waals surface area contributed by atoms with E-state index in [1.165, 1.54) is 44.9 Å². The molecule has 3 atom stereocenters. The van der Waals surface area contributed by atoms with E-state index in [0.29, 0.717) is 17.4 Å². The standard InChI is InChI=1S/C30H59N2O6P/c1-6-8-10-11-12-13-14-15-16-17-18-19-20-22-24-30(34)31-28(29(33)23-21-9-7-2)27-38-39(35,36)37-26-25-32(3,4)5/h14-15,21,23,28-29,33H,6-13,16-20,22,24-27H2,1-5H3,(H-,31,34,35,36)/b15-14-,23-21+. The third-order valence-electron chi connectivity index (χ3n) is 6.39. The maximum atomic E-state index is 12.5. The molecular formula is C30H59N2O6P. The molecule has 0 aromatic rings. The van der Waals surface area contributed by atoms with Crippen LogP contribution in [0.1, 0.15) is 110 Å². The molecule has 0 spiro atoms. The molecule has 0 fully saturated rings. The van der Waals surface area contributed by atoms with Gasteiger partial charge >= 0.3 is 0 Å². The van der Waals surface area contributed by atoms with Gasteiger partial charge in [-0.2, -0.15) is 0 Å². The lowest BCUT2D eigenvalue weighted by molar-refractivity contribution is -0.870. The normalized spacial score (nSPS) is 15.6. The Bertz CT molecular complexity index is 708. The highest BCUT2D eigenvalue weighted by molar-refractivity contribution is 7.45. The molecule has 0 aromatic heterocycles. The first-order valence-corrected chi connectivity index (χ1v) is 16.7. The molecule has 8 nitrogen and oxygen atoms in total. The number of aliphatic hydroxyl groups excluding tert-OH is 1. The summed E-state index contributed by atoms with van der Waals surface area (Å²) < 4.78 is 22.7. The van der Waals surface area contributed by atoms with Crippen molar-refractivity contribution in [2.75, 3.05) is 40.9 Å². The van der Waals surface area contributed by atoms with Crippen molar-refractivity contribution in [2.24, 2.45) is 0 Å². The average molecular weight is 575 g/mol. The Morgan fingerprint density at radius 3 is 2.05 bits per heavy atom. The van der Waals surface area contributed by atoms with Crippen molar-refractivity contribution in [2.45, 2.75) is 122 Å². The zero-order valence-corrected chi connectivity index (χ0v) is 26.5. The number of nitrogens with one attached hydrogen (secondary N) is 1. The van der Waals surface area contributed by atoms with E-state index in [0.717, 1.165) is 44.9 Å². The van der Waals surface area contributed by atoms with E-state index in [9.17, 15) is 19.4 Å². The topological polar surface area (TPSA) is 108 Å². The highest BCUT2D eigenvalue weighted by Crippen LogP contribution is 2.38. The number of unbranched alkanes of at least 4 members (excludes halogenated alkanes) is 11. The maximum Gasteiger partial charge on any atom is 0.268 e. The van der Waals surface area contributed by atoms with Crippen LogP contribution in [-0.2, 0) is 18.4 Å². The van der Waals surface area contributed by atoms with Gasteiger partial charge in [-0.25, -0.2) is 0 Å². The second kappa shape index (κ2) is 23.7. The second-order valence-corrected chi connectivity index (χ2v) is 12.9. The van der Waals surface area contributed by atoms with Crippen LogP contribution in [-0.4, -0.2) is 68.5 Å². The van der Waals surface area contributed by atoms with Crippen molar-refractivity contribution in [1.82, 2.24) is 5.32 Å². The smallest absolute Gasteiger partial charge is 0.268 e. The average Bonchev–Trinajstić information content (AvgIpc) is 2.85. The SMILES string of the molecule is CCC/C=C/C(O)C(COP(=O)([O-])OCC[N+](C)(C)C)NC(=O)CCCCCCC/C=C\CCCCCCC. The fourth-order valence-electron chi connectivity index (χ4n) is 3.86. The summed E-state index contributed by atoms with van der Waals surface area (Å²) in [5.74, 6) is -0.222. The fraction of sp³-hybridized carbons (Fsp3) is 0.833. The third kappa shape index (κ3) is 25.7. The molecular weight excluding hydrogens is 515 g/mol. The Balaban J connectivity index is 4.34. The molecule has 0 saturated heterocycles. The molecule has 0 aromatic carbocycles. The number of phosphoric ester groups is 1. The van der Waals surface area contributed by atoms with E-state index in [2.05, 4.69) is 24.4 Å². The Labute approximate surface area is 239 Å². The molecule has 3 unspecified atom stereocenters. The highest BCUT2D eigenvalue weighted by Gasteiger charge is 2.23. The third-order valence-corrected chi connectivity index (χ3v) is 7.35. The van der Waals surface area contributed by atoms with Crippen LogP contribution in [0.25, 0.3) is 0 Å². The maximum absolute atomic E-state index is 12.5. The monoisotopic (exact) mass is 574 g/mol. The Morgan fingerprint density at radius 1 is 0.872 bits per heavy atom. The van der Waals surface area contributed by atoms with Crippen LogP contribution in [0.5, 0.6) is 0 Å². The van der Waals surface area contributed by atoms with Gasteiger partial charge in [0.1, 0.15) is 13.2 Å². The van der Waals surface area contributed by atoms with E-state index in [1.807, 2.05) is 34.1 Å². The molecule has 0 aliphatic carbocycles.